The first-order valence-corrected chi connectivity index (χ1v) is 10.1. The average Bonchev–Trinajstić information content (AvgIpc) is 3.13. The molecular weight excluding hydrogens is 368 g/mol. The highest BCUT2D eigenvalue weighted by Gasteiger charge is 2.16. The zero-order valence-corrected chi connectivity index (χ0v) is 17.2. The van der Waals surface area contributed by atoms with Crippen LogP contribution in [0.25, 0.3) is 11.0 Å². The van der Waals surface area contributed by atoms with E-state index in [1.807, 2.05) is 38.1 Å². The lowest BCUT2D eigenvalue weighted by atomic mass is 10.2. The number of carbonyl (C=O) groups is 1. The molecule has 0 fully saturated rings. The van der Waals surface area contributed by atoms with Gasteiger partial charge in [0.1, 0.15) is 5.75 Å². The third-order valence-corrected chi connectivity index (χ3v) is 4.31. The fraction of sp³-hybridized carbons (Fsp3) is 0.391. The second-order valence-electron chi connectivity index (χ2n) is 7.38. The Balaban J connectivity index is 1.65. The van der Waals surface area contributed by atoms with E-state index in [2.05, 4.69) is 16.9 Å². The summed E-state index contributed by atoms with van der Waals surface area (Å²) in [6.45, 7) is 6.53. The van der Waals surface area contributed by atoms with Crippen molar-refractivity contribution in [1.29, 1.82) is 0 Å². The van der Waals surface area contributed by atoms with Crippen molar-refractivity contribution in [2.75, 3.05) is 6.61 Å². The van der Waals surface area contributed by atoms with Crippen LogP contribution >= 0.6 is 0 Å². The van der Waals surface area contributed by atoms with E-state index in [0.717, 1.165) is 30.3 Å². The summed E-state index contributed by atoms with van der Waals surface area (Å²) in [5.74, 6) is 0.602. The van der Waals surface area contributed by atoms with E-state index in [4.69, 9.17) is 14.2 Å². The Kier molecular flexibility index (Phi) is 7.11. The topological polar surface area (TPSA) is 73.4 Å². The van der Waals surface area contributed by atoms with Crippen LogP contribution in [-0.4, -0.2) is 28.8 Å². The number of nitrogens with one attached hydrogen (secondary N) is 1. The zero-order chi connectivity index (χ0) is 20.6. The molecule has 0 spiro atoms. The van der Waals surface area contributed by atoms with Gasteiger partial charge in [-0.25, -0.2) is 4.79 Å². The number of ether oxygens (including phenoxy) is 3. The number of unbranched alkanes of at least 4 members (excludes halogenated alkanes) is 1. The summed E-state index contributed by atoms with van der Waals surface area (Å²) in [6, 6.07) is 15.1. The highest BCUT2D eigenvalue weighted by atomic mass is 16.7. The lowest BCUT2D eigenvalue weighted by molar-refractivity contribution is -0.00815. The number of H-pyrrole nitrogens is 1. The largest absolute Gasteiger partial charge is 0.462 e. The Hall–Kier alpha value is -3.02. The fourth-order valence-corrected chi connectivity index (χ4v) is 2.77. The van der Waals surface area contributed by atoms with Crippen molar-refractivity contribution >= 4 is 17.0 Å². The molecule has 0 aliphatic carbocycles. The molecule has 1 heterocycles. The van der Waals surface area contributed by atoms with E-state index >= 15 is 0 Å². The van der Waals surface area contributed by atoms with Crippen LogP contribution in [0.4, 0.5) is 0 Å². The molecule has 29 heavy (non-hydrogen) atoms. The van der Waals surface area contributed by atoms with Gasteiger partial charge in [-0.1, -0.05) is 39.3 Å². The molecule has 1 aromatic heterocycles. The molecule has 0 saturated heterocycles. The summed E-state index contributed by atoms with van der Waals surface area (Å²) < 4.78 is 17.2. The van der Waals surface area contributed by atoms with Crippen LogP contribution in [0.1, 0.15) is 50.4 Å². The van der Waals surface area contributed by atoms with Gasteiger partial charge in [-0.05, 0) is 48.7 Å². The Labute approximate surface area is 171 Å². The maximum Gasteiger partial charge on any atom is 0.338 e. The maximum absolute atomic E-state index is 12.1. The molecule has 6 nitrogen and oxygen atoms in total. The average molecular weight is 396 g/mol. The van der Waals surface area contributed by atoms with E-state index in [-0.39, 0.29) is 5.97 Å². The number of para-hydroxylation sites is 2. The van der Waals surface area contributed by atoms with E-state index in [1.165, 1.54) is 0 Å². The van der Waals surface area contributed by atoms with Gasteiger partial charge in [-0.15, -0.1) is 0 Å². The number of aromatic amines is 1. The van der Waals surface area contributed by atoms with Crippen LogP contribution in [0.15, 0.2) is 48.5 Å². The van der Waals surface area contributed by atoms with Crippen molar-refractivity contribution in [3.05, 3.63) is 54.1 Å². The number of hydrogen-bond donors (Lipinski definition) is 1. The maximum atomic E-state index is 12.1. The minimum Gasteiger partial charge on any atom is -0.462 e. The Morgan fingerprint density at radius 2 is 1.83 bits per heavy atom. The smallest absolute Gasteiger partial charge is 0.338 e. The minimum atomic E-state index is -0.478. The van der Waals surface area contributed by atoms with Gasteiger partial charge in [0.2, 0.25) is 6.29 Å². The number of rotatable bonds is 10. The quantitative estimate of drug-likeness (QED) is 0.369. The predicted molar refractivity (Wildman–Crippen MR) is 112 cm³/mol. The second-order valence-corrected chi connectivity index (χ2v) is 7.38. The Morgan fingerprint density at radius 3 is 2.52 bits per heavy atom. The first kappa shape index (κ1) is 20.7. The highest BCUT2D eigenvalue weighted by Crippen LogP contribution is 2.21. The molecule has 3 aromatic rings. The van der Waals surface area contributed by atoms with Crippen molar-refractivity contribution in [2.45, 2.75) is 46.3 Å². The van der Waals surface area contributed by atoms with Crippen molar-refractivity contribution in [1.82, 2.24) is 9.97 Å². The molecule has 0 amide bonds. The number of nitrogens with zero attached hydrogens (tertiary/aromatic N) is 1. The molecule has 0 bridgehead atoms. The molecule has 1 unspecified atom stereocenters. The van der Waals surface area contributed by atoms with Crippen LogP contribution in [0.3, 0.4) is 0 Å². The molecule has 0 saturated carbocycles. The summed E-state index contributed by atoms with van der Waals surface area (Å²) >= 11 is 0. The van der Waals surface area contributed by atoms with Crippen LogP contribution in [0.2, 0.25) is 0 Å². The van der Waals surface area contributed by atoms with Gasteiger partial charge < -0.3 is 19.2 Å². The lowest BCUT2D eigenvalue weighted by Gasteiger charge is -2.19. The van der Waals surface area contributed by atoms with E-state index in [1.54, 1.807) is 24.3 Å². The number of fused-ring (bicyclic) bond motifs is 1. The molecule has 1 atom stereocenters. The summed E-state index contributed by atoms with van der Waals surface area (Å²) in [5.41, 5.74) is 2.27. The third kappa shape index (κ3) is 5.98. The Morgan fingerprint density at radius 1 is 1.07 bits per heavy atom. The van der Waals surface area contributed by atoms with E-state index in [9.17, 15) is 4.79 Å². The molecule has 2 aromatic carbocycles. The van der Waals surface area contributed by atoms with Crippen molar-refractivity contribution in [2.24, 2.45) is 5.92 Å². The van der Waals surface area contributed by atoms with Crippen LogP contribution < -0.4 is 9.47 Å². The first-order valence-electron chi connectivity index (χ1n) is 10.1. The number of imidazole rings is 1. The monoisotopic (exact) mass is 396 g/mol. The molecule has 3 rings (SSSR count). The lowest BCUT2D eigenvalue weighted by Crippen LogP contribution is -2.24. The summed E-state index contributed by atoms with van der Waals surface area (Å²) in [7, 11) is 0. The number of carbonyl (C=O) groups excluding carboxylic acids is 1. The molecular formula is C23H28N2O4. The van der Waals surface area contributed by atoms with E-state index < -0.39 is 6.29 Å². The number of benzene rings is 2. The van der Waals surface area contributed by atoms with Gasteiger partial charge in [-0.2, -0.15) is 4.98 Å². The van der Waals surface area contributed by atoms with Crippen molar-refractivity contribution < 1.29 is 19.0 Å². The summed E-state index contributed by atoms with van der Waals surface area (Å²) in [5, 5.41) is 0. The number of hydrogen-bond acceptors (Lipinski definition) is 5. The molecule has 0 radical (unpaired) electrons. The summed E-state index contributed by atoms with van der Waals surface area (Å²) in [6.07, 6.45) is 2.24. The van der Waals surface area contributed by atoms with Gasteiger partial charge in [0, 0.05) is 6.42 Å². The highest BCUT2D eigenvalue weighted by molar-refractivity contribution is 5.89. The normalized spacial score (nSPS) is 12.1. The van der Waals surface area contributed by atoms with Crippen LogP contribution in [-0.2, 0) is 4.74 Å². The van der Waals surface area contributed by atoms with Gasteiger partial charge in [0.25, 0.3) is 6.01 Å². The van der Waals surface area contributed by atoms with Crippen LogP contribution in [0, 0.1) is 5.92 Å². The SMILES string of the molecule is CCCCC(Oc1ccc(C(=O)OCC(C)C)cc1)Oc1nc2ccccc2[nH]1. The van der Waals surface area contributed by atoms with Gasteiger partial charge in [0.15, 0.2) is 0 Å². The predicted octanol–water partition coefficient (Wildman–Crippen LogP) is 5.35. The molecule has 154 valence electrons. The van der Waals surface area contributed by atoms with Crippen molar-refractivity contribution in [3.8, 4) is 11.8 Å². The van der Waals surface area contributed by atoms with E-state index in [0.29, 0.717) is 29.8 Å². The Bertz CT molecular complexity index is 885. The third-order valence-electron chi connectivity index (χ3n) is 4.31. The second kappa shape index (κ2) is 9.96. The van der Waals surface area contributed by atoms with Crippen LogP contribution in [0.5, 0.6) is 11.8 Å². The first-order chi connectivity index (χ1) is 14.0. The standard InChI is InChI=1S/C23H28N2O4/c1-4-5-10-21(29-23-24-19-8-6-7-9-20(19)25-23)28-18-13-11-17(12-14-18)22(26)27-15-16(2)3/h6-9,11-14,16,21H,4-5,10,15H2,1-3H3,(H,24,25). The number of aromatic nitrogens is 2. The molecule has 1 N–H and O–H groups in total. The zero-order valence-electron chi connectivity index (χ0n) is 17.2. The fourth-order valence-electron chi connectivity index (χ4n) is 2.77. The molecule has 6 heteroatoms. The van der Waals surface area contributed by atoms with Gasteiger partial charge >= 0.3 is 5.97 Å². The van der Waals surface area contributed by atoms with Gasteiger partial charge in [0.05, 0.1) is 23.2 Å². The van der Waals surface area contributed by atoms with Crippen molar-refractivity contribution in [3.63, 3.8) is 0 Å². The molecule has 0 aliphatic heterocycles. The van der Waals surface area contributed by atoms with Gasteiger partial charge in [-0.3, -0.25) is 0 Å². The molecule has 0 aliphatic rings. The number of esters is 1. The summed E-state index contributed by atoms with van der Waals surface area (Å²) in [4.78, 5) is 19.7. The minimum absolute atomic E-state index is 0.302.